The van der Waals surface area contributed by atoms with Crippen LogP contribution in [0.4, 0.5) is 24.5 Å². The second-order valence-electron chi connectivity index (χ2n) is 4.72. The number of nitrogens with two attached hydrogens (primary N) is 1. The van der Waals surface area contributed by atoms with Crippen molar-refractivity contribution < 1.29 is 13.2 Å². The first-order chi connectivity index (χ1) is 10.5. The zero-order valence-electron chi connectivity index (χ0n) is 11.8. The third-order valence-corrected chi connectivity index (χ3v) is 3.03. The highest BCUT2D eigenvalue weighted by Gasteiger charge is 2.30. The van der Waals surface area contributed by atoms with E-state index in [4.69, 9.17) is 5.73 Å². The average molecular weight is 310 g/mol. The van der Waals surface area contributed by atoms with E-state index in [-0.39, 0.29) is 5.69 Å². The van der Waals surface area contributed by atoms with Crippen LogP contribution in [0, 0.1) is 0 Å². The average Bonchev–Trinajstić information content (AvgIpc) is 2.48. The highest BCUT2D eigenvalue weighted by Crippen LogP contribution is 2.32. The molecule has 0 aliphatic heterocycles. The van der Waals surface area contributed by atoms with Crippen molar-refractivity contribution >= 4 is 11.4 Å². The summed E-state index contributed by atoms with van der Waals surface area (Å²) in [5, 5.41) is 6.18. The van der Waals surface area contributed by atoms with Crippen LogP contribution in [0.25, 0.3) is 0 Å². The Balaban J connectivity index is 1.77. The van der Waals surface area contributed by atoms with E-state index in [1.807, 2.05) is 18.2 Å². The largest absolute Gasteiger partial charge is 0.416 e. The van der Waals surface area contributed by atoms with Gasteiger partial charge in [0.25, 0.3) is 0 Å². The van der Waals surface area contributed by atoms with Gasteiger partial charge in [-0.1, -0.05) is 6.07 Å². The second-order valence-corrected chi connectivity index (χ2v) is 4.72. The Hall–Kier alpha value is -2.28. The third kappa shape index (κ3) is 4.63. The molecule has 22 heavy (non-hydrogen) atoms. The highest BCUT2D eigenvalue weighted by molar-refractivity contribution is 5.67. The van der Waals surface area contributed by atoms with Crippen molar-refractivity contribution in [1.29, 1.82) is 0 Å². The van der Waals surface area contributed by atoms with E-state index in [0.29, 0.717) is 25.3 Å². The summed E-state index contributed by atoms with van der Waals surface area (Å²) in [5.74, 6) is 0. The van der Waals surface area contributed by atoms with Crippen molar-refractivity contribution in [3.05, 3.63) is 53.9 Å². The number of hydrogen-bond donors (Lipinski definition) is 3. The lowest BCUT2D eigenvalue weighted by Crippen LogP contribution is -2.22. The van der Waals surface area contributed by atoms with E-state index in [9.17, 15) is 13.2 Å². The molecule has 2 aromatic rings. The normalized spacial score (nSPS) is 11.4. The molecular formula is C15H17F3N4. The summed E-state index contributed by atoms with van der Waals surface area (Å²) >= 11 is 0. The van der Waals surface area contributed by atoms with E-state index < -0.39 is 11.7 Å². The Bertz CT molecular complexity index is 599. The number of nitrogen functional groups attached to an aromatic ring is 1. The molecule has 0 fully saturated rings. The predicted molar refractivity (Wildman–Crippen MR) is 80.3 cm³/mol. The van der Waals surface area contributed by atoms with Crippen LogP contribution < -0.4 is 16.4 Å². The van der Waals surface area contributed by atoms with Crippen molar-refractivity contribution in [1.82, 2.24) is 10.3 Å². The first kappa shape index (κ1) is 16.1. The summed E-state index contributed by atoms with van der Waals surface area (Å²) in [5.41, 5.74) is 6.39. The van der Waals surface area contributed by atoms with E-state index >= 15 is 0 Å². The van der Waals surface area contributed by atoms with Gasteiger partial charge in [0, 0.05) is 25.8 Å². The molecule has 0 aliphatic rings. The number of aromatic nitrogens is 1. The molecule has 4 N–H and O–H groups in total. The van der Waals surface area contributed by atoms with Gasteiger partial charge >= 0.3 is 6.18 Å². The van der Waals surface area contributed by atoms with Crippen LogP contribution in [0.1, 0.15) is 11.3 Å². The van der Waals surface area contributed by atoms with Gasteiger partial charge in [-0.05, 0) is 30.3 Å². The van der Waals surface area contributed by atoms with Gasteiger partial charge in [-0.25, -0.2) is 0 Å². The molecule has 0 radical (unpaired) electrons. The third-order valence-electron chi connectivity index (χ3n) is 3.03. The van der Waals surface area contributed by atoms with Crippen molar-refractivity contribution in [2.75, 3.05) is 24.1 Å². The van der Waals surface area contributed by atoms with Crippen molar-refractivity contribution in [2.24, 2.45) is 0 Å². The SMILES string of the molecule is Nc1cc(C(F)(F)F)ccc1NCCNCc1ccccn1. The van der Waals surface area contributed by atoms with Crippen LogP contribution in [-0.2, 0) is 12.7 Å². The summed E-state index contributed by atoms with van der Waals surface area (Å²) in [7, 11) is 0. The number of rotatable bonds is 6. The minimum absolute atomic E-state index is 0.0829. The standard InChI is InChI=1S/C15H17F3N4/c16-15(17,18)11-4-5-14(13(19)9-11)22-8-7-20-10-12-3-1-2-6-21-12/h1-6,9,20,22H,7-8,10,19H2. The number of hydrogen-bond acceptors (Lipinski definition) is 4. The van der Waals surface area contributed by atoms with Crippen LogP contribution in [-0.4, -0.2) is 18.1 Å². The lowest BCUT2D eigenvalue weighted by molar-refractivity contribution is -0.137. The summed E-state index contributed by atoms with van der Waals surface area (Å²) in [6.45, 7) is 1.81. The molecule has 2 rings (SSSR count). The Morgan fingerprint density at radius 3 is 2.55 bits per heavy atom. The Kier molecular flexibility index (Phi) is 5.21. The minimum atomic E-state index is -4.38. The van der Waals surface area contributed by atoms with E-state index in [1.54, 1.807) is 6.20 Å². The van der Waals surface area contributed by atoms with Crippen LogP contribution in [0.15, 0.2) is 42.6 Å². The lowest BCUT2D eigenvalue weighted by Gasteiger charge is -2.13. The zero-order chi connectivity index (χ0) is 16.0. The van der Waals surface area contributed by atoms with Gasteiger partial charge in [0.1, 0.15) is 0 Å². The first-order valence-electron chi connectivity index (χ1n) is 6.78. The number of halogens is 3. The molecule has 0 spiro atoms. The molecule has 118 valence electrons. The maximum Gasteiger partial charge on any atom is 0.416 e. The summed E-state index contributed by atoms with van der Waals surface area (Å²) in [6, 6.07) is 8.96. The van der Waals surface area contributed by atoms with Gasteiger partial charge in [0.15, 0.2) is 0 Å². The number of alkyl halides is 3. The van der Waals surface area contributed by atoms with Crippen molar-refractivity contribution in [2.45, 2.75) is 12.7 Å². The number of pyridine rings is 1. The highest BCUT2D eigenvalue weighted by atomic mass is 19.4. The van der Waals surface area contributed by atoms with Crippen molar-refractivity contribution in [3.8, 4) is 0 Å². The van der Waals surface area contributed by atoms with Crippen molar-refractivity contribution in [3.63, 3.8) is 0 Å². The fourth-order valence-corrected chi connectivity index (χ4v) is 1.90. The van der Waals surface area contributed by atoms with Gasteiger partial charge in [0.2, 0.25) is 0 Å². The van der Waals surface area contributed by atoms with Gasteiger partial charge in [-0.15, -0.1) is 0 Å². The van der Waals surface area contributed by atoms with Gasteiger partial charge in [-0.3, -0.25) is 4.98 Å². The van der Waals surface area contributed by atoms with Crippen LogP contribution in [0.3, 0.4) is 0 Å². The maximum atomic E-state index is 12.5. The number of nitrogens with zero attached hydrogens (tertiary/aromatic N) is 1. The van der Waals surface area contributed by atoms with Crippen LogP contribution in [0.5, 0.6) is 0 Å². The van der Waals surface area contributed by atoms with Gasteiger partial charge in [-0.2, -0.15) is 13.2 Å². The minimum Gasteiger partial charge on any atom is -0.397 e. The maximum absolute atomic E-state index is 12.5. The summed E-state index contributed by atoms with van der Waals surface area (Å²) in [6.07, 6.45) is -2.66. The molecule has 1 aromatic heterocycles. The second kappa shape index (κ2) is 7.13. The fourth-order valence-electron chi connectivity index (χ4n) is 1.90. The molecule has 0 saturated carbocycles. The quantitative estimate of drug-likeness (QED) is 0.567. The zero-order valence-corrected chi connectivity index (χ0v) is 11.8. The molecule has 0 unspecified atom stereocenters. The van der Waals surface area contributed by atoms with Gasteiger partial charge < -0.3 is 16.4 Å². The molecule has 0 amide bonds. The smallest absolute Gasteiger partial charge is 0.397 e. The van der Waals surface area contributed by atoms with E-state index in [0.717, 1.165) is 17.8 Å². The van der Waals surface area contributed by atoms with Gasteiger partial charge in [0.05, 0.1) is 22.6 Å². The van der Waals surface area contributed by atoms with Crippen LogP contribution in [0.2, 0.25) is 0 Å². The molecule has 0 saturated heterocycles. The predicted octanol–water partition coefficient (Wildman–Crippen LogP) is 2.88. The molecule has 1 aromatic carbocycles. The molecule has 7 heteroatoms. The molecule has 1 heterocycles. The van der Waals surface area contributed by atoms with E-state index in [2.05, 4.69) is 15.6 Å². The molecule has 0 bridgehead atoms. The number of anilines is 2. The van der Waals surface area contributed by atoms with Crippen LogP contribution >= 0.6 is 0 Å². The topological polar surface area (TPSA) is 63.0 Å². The lowest BCUT2D eigenvalue weighted by atomic mass is 10.1. The summed E-state index contributed by atoms with van der Waals surface area (Å²) < 4.78 is 37.6. The first-order valence-corrected chi connectivity index (χ1v) is 6.78. The monoisotopic (exact) mass is 310 g/mol. The summed E-state index contributed by atoms with van der Waals surface area (Å²) in [4.78, 5) is 4.17. The Morgan fingerprint density at radius 2 is 1.91 bits per heavy atom. The van der Waals surface area contributed by atoms with E-state index in [1.165, 1.54) is 6.07 Å². The molecular weight excluding hydrogens is 293 g/mol. The molecule has 0 aliphatic carbocycles. The fraction of sp³-hybridized carbons (Fsp3) is 0.267. The molecule has 4 nitrogen and oxygen atoms in total. The molecule has 0 atom stereocenters. The number of nitrogens with one attached hydrogen (secondary N) is 2. The Labute approximate surface area is 126 Å². The number of benzene rings is 1. The Morgan fingerprint density at radius 1 is 1.09 bits per heavy atom.